The minimum absolute atomic E-state index is 0.0485. The van der Waals surface area contributed by atoms with Gasteiger partial charge in [0.1, 0.15) is 5.69 Å². The first-order valence-electron chi connectivity index (χ1n) is 9.92. The number of hydrogen-bond acceptors (Lipinski definition) is 6. The lowest BCUT2D eigenvalue weighted by Gasteiger charge is -2.30. The van der Waals surface area contributed by atoms with Gasteiger partial charge in [-0.2, -0.15) is 13.2 Å². The number of carbonyl (C=O) groups is 3. The van der Waals surface area contributed by atoms with Crippen molar-refractivity contribution in [2.45, 2.75) is 46.0 Å². The Balaban J connectivity index is 1.93. The zero-order chi connectivity index (χ0) is 24.1. The summed E-state index contributed by atoms with van der Waals surface area (Å²) in [5.41, 5.74) is -0.361. The van der Waals surface area contributed by atoms with Crippen LogP contribution in [0.15, 0.2) is 29.6 Å². The quantitative estimate of drug-likeness (QED) is 0.541. The first-order chi connectivity index (χ1) is 14.9. The molecule has 0 unspecified atom stereocenters. The van der Waals surface area contributed by atoms with E-state index in [-0.39, 0.29) is 22.3 Å². The molecule has 0 saturated carbocycles. The molecule has 174 valence electrons. The van der Waals surface area contributed by atoms with Crippen molar-refractivity contribution in [2.24, 2.45) is 0 Å². The van der Waals surface area contributed by atoms with Gasteiger partial charge in [0.15, 0.2) is 5.13 Å². The molecule has 32 heavy (non-hydrogen) atoms. The number of alkyl halides is 3. The molecule has 7 nitrogen and oxygen atoms in total. The molecule has 0 aliphatic carbocycles. The molecule has 2 amide bonds. The largest absolute Gasteiger partial charge is 0.454 e. The average molecular weight is 471 g/mol. The Morgan fingerprint density at radius 2 is 1.56 bits per heavy atom. The van der Waals surface area contributed by atoms with E-state index >= 15 is 0 Å². The van der Waals surface area contributed by atoms with Crippen molar-refractivity contribution in [3.05, 3.63) is 46.5 Å². The predicted molar refractivity (Wildman–Crippen MR) is 116 cm³/mol. The van der Waals surface area contributed by atoms with Gasteiger partial charge >= 0.3 is 6.18 Å². The number of anilines is 1. The Kier molecular flexibility index (Phi) is 8.51. The normalized spacial score (nSPS) is 11.8. The van der Waals surface area contributed by atoms with Gasteiger partial charge in [0.25, 0.3) is 17.6 Å². The Bertz CT molecular complexity index is 948. The second-order valence-electron chi connectivity index (χ2n) is 7.58. The van der Waals surface area contributed by atoms with Gasteiger partial charge in [0.2, 0.25) is 0 Å². The zero-order valence-electron chi connectivity index (χ0n) is 18.1. The van der Waals surface area contributed by atoms with Crippen LogP contribution in [-0.2, 0) is 0 Å². The monoisotopic (exact) mass is 470 g/mol. The fraction of sp³-hybridized carbons (Fsp3) is 0.429. The zero-order valence-corrected chi connectivity index (χ0v) is 18.9. The molecule has 2 N–H and O–H groups in total. The second kappa shape index (κ2) is 10.7. The number of nitrogens with zero attached hydrogens (tertiary/aromatic N) is 2. The summed E-state index contributed by atoms with van der Waals surface area (Å²) in [6, 6.07) is 4.78. The van der Waals surface area contributed by atoms with Gasteiger partial charge in [-0.15, -0.1) is 11.3 Å². The number of thiazole rings is 1. The van der Waals surface area contributed by atoms with Crippen LogP contribution in [-0.4, -0.2) is 58.8 Å². The Morgan fingerprint density at radius 1 is 1.00 bits per heavy atom. The smallest absolute Gasteiger partial charge is 0.349 e. The molecule has 2 aromatic rings. The maximum atomic E-state index is 12.5. The molecule has 1 aromatic carbocycles. The average Bonchev–Trinajstić information content (AvgIpc) is 3.17. The number of halogens is 3. The van der Waals surface area contributed by atoms with Crippen molar-refractivity contribution in [1.82, 2.24) is 15.2 Å². The summed E-state index contributed by atoms with van der Waals surface area (Å²) in [4.78, 5) is 42.1. The maximum Gasteiger partial charge on any atom is 0.454 e. The second-order valence-corrected chi connectivity index (χ2v) is 8.44. The molecular formula is C21H25F3N4O3S. The Labute approximate surface area is 188 Å². The predicted octanol–water partition coefficient (Wildman–Crippen LogP) is 3.99. The molecular weight excluding hydrogens is 445 g/mol. The molecule has 0 fully saturated rings. The van der Waals surface area contributed by atoms with Crippen molar-refractivity contribution >= 4 is 34.1 Å². The topological polar surface area (TPSA) is 91.4 Å². The number of carbonyl (C=O) groups excluding carboxylic acids is 3. The third-order valence-electron chi connectivity index (χ3n) is 4.61. The van der Waals surface area contributed by atoms with Crippen LogP contribution < -0.4 is 10.6 Å². The number of amides is 2. The van der Waals surface area contributed by atoms with Crippen LogP contribution in [0.25, 0.3) is 0 Å². The molecule has 0 bridgehead atoms. The van der Waals surface area contributed by atoms with Crippen molar-refractivity contribution in [1.29, 1.82) is 0 Å². The van der Waals surface area contributed by atoms with E-state index in [2.05, 4.69) is 48.2 Å². The van der Waals surface area contributed by atoms with Gasteiger partial charge in [-0.3, -0.25) is 24.6 Å². The van der Waals surface area contributed by atoms with Gasteiger partial charge in [0.05, 0.1) is 0 Å². The summed E-state index contributed by atoms with van der Waals surface area (Å²) in [7, 11) is 0. The fourth-order valence-corrected chi connectivity index (χ4v) is 3.73. The highest BCUT2D eigenvalue weighted by molar-refractivity contribution is 7.14. The van der Waals surface area contributed by atoms with Crippen molar-refractivity contribution < 1.29 is 27.6 Å². The van der Waals surface area contributed by atoms with E-state index in [1.807, 2.05) is 0 Å². The van der Waals surface area contributed by atoms with E-state index < -0.39 is 23.4 Å². The number of ketones is 1. The summed E-state index contributed by atoms with van der Waals surface area (Å²) < 4.78 is 37.4. The minimum Gasteiger partial charge on any atom is -0.349 e. The lowest BCUT2D eigenvalue weighted by molar-refractivity contribution is -0.0885. The van der Waals surface area contributed by atoms with E-state index in [0.29, 0.717) is 25.2 Å². The minimum atomic E-state index is -4.98. The van der Waals surface area contributed by atoms with E-state index in [1.54, 1.807) is 0 Å². The molecule has 1 heterocycles. The van der Waals surface area contributed by atoms with Crippen LogP contribution in [0.4, 0.5) is 18.3 Å². The van der Waals surface area contributed by atoms with Crippen LogP contribution in [0.1, 0.15) is 58.9 Å². The van der Waals surface area contributed by atoms with Crippen LogP contribution in [0, 0.1) is 0 Å². The third-order valence-corrected chi connectivity index (χ3v) is 5.36. The molecule has 1 aromatic heterocycles. The fourth-order valence-electron chi connectivity index (χ4n) is 3.04. The van der Waals surface area contributed by atoms with Crippen molar-refractivity contribution in [2.75, 3.05) is 18.4 Å². The number of Topliss-reactive ketones (excluding diaryl/α,β-unsaturated/α-hetero) is 1. The maximum absolute atomic E-state index is 12.5. The number of nitrogens with one attached hydrogen (secondary N) is 2. The molecule has 0 atom stereocenters. The van der Waals surface area contributed by atoms with Crippen molar-refractivity contribution in [3.63, 3.8) is 0 Å². The lowest BCUT2D eigenvalue weighted by Crippen LogP contribution is -2.42. The first kappa shape index (κ1) is 25.5. The number of hydrogen-bond donors (Lipinski definition) is 2. The molecule has 0 saturated heterocycles. The van der Waals surface area contributed by atoms with Crippen LogP contribution in [0.2, 0.25) is 0 Å². The summed E-state index contributed by atoms with van der Waals surface area (Å²) >= 11 is 1.04. The van der Waals surface area contributed by atoms with E-state index in [4.69, 9.17) is 0 Å². The lowest BCUT2D eigenvalue weighted by atomic mass is 10.1. The molecule has 0 aliphatic heterocycles. The Hall–Kier alpha value is -2.79. The van der Waals surface area contributed by atoms with E-state index in [1.165, 1.54) is 5.38 Å². The SMILES string of the molecule is CC(C)N(CCNC(=O)c1csc(NC(=O)c2ccc(C(=O)C(F)(F)F)cc2)n1)C(C)C. The van der Waals surface area contributed by atoms with Gasteiger partial charge in [-0.25, -0.2) is 4.98 Å². The van der Waals surface area contributed by atoms with Gasteiger partial charge in [-0.1, -0.05) is 12.1 Å². The van der Waals surface area contributed by atoms with E-state index in [0.717, 1.165) is 35.6 Å². The summed E-state index contributed by atoms with van der Waals surface area (Å²) in [6.07, 6.45) is -4.98. The van der Waals surface area contributed by atoms with E-state index in [9.17, 15) is 27.6 Å². The third kappa shape index (κ3) is 6.86. The van der Waals surface area contributed by atoms with Gasteiger partial charge in [-0.05, 0) is 39.8 Å². The molecule has 2 rings (SSSR count). The first-order valence-corrected chi connectivity index (χ1v) is 10.8. The highest BCUT2D eigenvalue weighted by Gasteiger charge is 2.39. The summed E-state index contributed by atoms with van der Waals surface area (Å²) in [5, 5.41) is 6.95. The standard InChI is InChI=1S/C21H25F3N4O3S/c1-12(2)28(13(3)4)10-9-25-19(31)16-11-32-20(26-16)27-18(30)15-7-5-14(6-8-15)17(29)21(22,23)24/h5-8,11-13H,9-10H2,1-4H3,(H,25,31)(H,26,27,30). The van der Waals surface area contributed by atoms with Gasteiger partial charge < -0.3 is 5.32 Å². The molecule has 0 radical (unpaired) electrons. The molecule has 0 spiro atoms. The number of benzene rings is 1. The molecule has 0 aliphatic rings. The molecule has 11 heteroatoms. The summed E-state index contributed by atoms with van der Waals surface area (Å²) in [6.45, 7) is 9.45. The summed E-state index contributed by atoms with van der Waals surface area (Å²) in [5.74, 6) is -2.98. The van der Waals surface area contributed by atoms with Gasteiger partial charge in [0, 0.05) is 41.7 Å². The highest BCUT2D eigenvalue weighted by atomic mass is 32.1. The van der Waals surface area contributed by atoms with Crippen LogP contribution in [0.5, 0.6) is 0 Å². The highest BCUT2D eigenvalue weighted by Crippen LogP contribution is 2.22. The number of aromatic nitrogens is 1. The van der Waals surface area contributed by atoms with Crippen molar-refractivity contribution in [3.8, 4) is 0 Å². The number of rotatable bonds is 9. The Morgan fingerprint density at radius 3 is 2.09 bits per heavy atom. The van der Waals surface area contributed by atoms with Crippen LogP contribution >= 0.6 is 11.3 Å². The van der Waals surface area contributed by atoms with Crippen LogP contribution in [0.3, 0.4) is 0 Å².